The zero-order chi connectivity index (χ0) is 43.7. The molecule has 0 radical (unpaired) electrons. The second-order valence-corrected chi connectivity index (χ2v) is 18.2. The van der Waals surface area contributed by atoms with E-state index in [9.17, 15) is 0 Å². The summed E-state index contributed by atoms with van der Waals surface area (Å²) in [5.74, 6) is 0. The molecule has 0 atom stereocenters. The molecule has 0 fully saturated rings. The average molecular weight is 847 g/mol. The molecule has 0 amide bonds. The molecule has 0 aliphatic heterocycles. The lowest BCUT2D eigenvalue weighted by Crippen LogP contribution is -1.91. The third kappa shape index (κ3) is 5.25. The van der Waals surface area contributed by atoms with E-state index in [1.54, 1.807) is 0 Å². The Balaban J connectivity index is 0.902. The lowest BCUT2D eigenvalue weighted by molar-refractivity contribution is 0.670. The van der Waals surface area contributed by atoms with Crippen LogP contribution in [-0.4, -0.2) is 0 Å². The maximum atomic E-state index is 6.64. The summed E-state index contributed by atoms with van der Waals surface area (Å²) in [6, 6.07) is 85.4. The summed E-state index contributed by atoms with van der Waals surface area (Å²) in [7, 11) is 0. The standard InChI is InChI=1S/C66H38O/c1-2-14-44-40(13-1)31-34-62-66(44)61-37-59-50-20-8-7-19-49(50)58-36-43(30-33-52(58)60(59)38-63(61)67-62)65-55-23-11-9-21-53(55)64(54-22-10-12-24-56(54)65)41-27-25-39(26-28-41)42-29-32-51-47-17-4-3-15-45(47)46-16-5-6-18-48(46)57(51)35-42/h1-38H. The molecular formula is C66H38O. The summed E-state index contributed by atoms with van der Waals surface area (Å²) in [4.78, 5) is 0. The van der Waals surface area contributed by atoms with Crippen LogP contribution in [0.4, 0.5) is 0 Å². The maximum Gasteiger partial charge on any atom is 0.136 e. The van der Waals surface area contributed by atoms with E-state index in [2.05, 4.69) is 231 Å². The van der Waals surface area contributed by atoms with E-state index >= 15 is 0 Å². The Morgan fingerprint density at radius 2 is 0.567 bits per heavy atom. The van der Waals surface area contributed by atoms with Gasteiger partial charge in [0.15, 0.2) is 0 Å². The molecule has 0 saturated carbocycles. The van der Waals surface area contributed by atoms with Gasteiger partial charge in [-0.1, -0.05) is 200 Å². The Morgan fingerprint density at radius 1 is 0.194 bits per heavy atom. The smallest absolute Gasteiger partial charge is 0.136 e. The van der Waals surface area contributed by atoms with Crippen LogP contribution in [0, 0.1) is 0 Å². The second kappa shape index (κ2) is 13.9. The summed E-state index contributed by atoms with van der Waals surface area (Å²) in [6.07, 6.45) is 0. The molecule has 0 saturated heterocycles. The fourth-order valence-electron chi connectivity index (χ4n) is 11.8. The van der Waals surface area contributed by atoms with E-state index in [1.165, 1.54) is 136 Å². The molecule has 1 heteroatoms. The minimum atomic E-state index is 0.916. The molecule has 308 valence electrons. The van der Waals surface area contributed by atoms with Gasteiger partial charge in [-0.15, -0.1) is 0 Å². The Kier molecular flexibility index (Phi) is 7.56. The SMILES string of the molecule is c1ccc2c(c1)ccc1oc3cc4c5ccc(-c6c7ccccc7c(-c7ccc(-c8ccc9c%10ccccc%10c%10ccccc%10c9c8)cc7)c7ccccc67)cc5c5ccccc5c4cc3c12. The van der Waals surface area contributed by atoms with Crippen LogP contribution >= 0.6 is 0 Å². The van der Waals surface area contributed by atoms with Crippen molar-refractivity contribution in [3.63, 3.8) is 0 Å². The summed E-state index contributed by atoms with van der Waals surface area (Å²) < 4.78 is 6.64. The van der Waals surface area contributed by atoms with E-state index in [0.717, 1.165) is 16.6 Å². The number of rotatable bonds is 3. The predicted molar refractivity (Wildman–Crippen MR) is 288 cm³/mol. The lowest BCUT2D eigenvalue weighted by Gasteiger charge is -2.19. The topological polar surface area (TPSA) is 13.1 Å². The lowest BCUT2D eigenvalue weighted by atomic mass is 9.84. The highest BCUT2D eigenvalue weighted by Crippen LogP contribution is 2.47. The largest absolute Gasteiger partial charge is 0.456 e. The van der Waals surface area contributed by atoms with E-state index in [1.807, 2.05) is 0 Å². The molecule has 1 aromatic heterocycles. The third-order valence-corrected chi connectivity index (χ3v) is 14.8. The summed E-state index contributed by atoms with van der Waals surface area (Å²) >= 11 is 0. The highest BCUT2D eigenvalue weighted by molar-refractivity contribution is 6.31. The van der Waals surface area contributed by atoms with Gasteiger partial charge in [0.2, 0.25) is 0 Å². The van der Waals surface area contributed by atoms with Crippen molar-refractivity contribution >= 4 is 119 Å². The van der Waals surface area contributed by atoms with Crippen LogP contribution < -0.4 is 0 Å². The van der Waals surface area contributed by atoms with Gasteiger partial charge in [-0.25, -0.2) is 0 Å². The van der Waals surface area contributed by atoms with Crippen LogP contribution in [0.25, 0.3) is 152 Å². The zero-order valence-electron chi connectivity index (χ0n) is 36.3. The molecule has 0 N–H and O–H groups in total. The van der Waals surface area contributed by atoms with Gasteiger partial charge in [0.1, 0.15) is 11.2 Å². The van der Waals surface area contributed by atoms with Crippen LogP contribution in [-0.2, 0) is 0 Å². The molecule has 15 rings (SSSR count). The Bertz CT molecular complexity index is 4520. The monoisotopic (exact) mass is 846 g/mol. The fourth-order valence-corrected chi connectivity index (χ4v) is 11.8. The van der Waals surface area contributed by atoms with Crippen molar-refractivity contribution in [3.05, 3.63) is 231 Å². The van der Waals surface area contributed by atoms with Crippen molar-refractivity contribution in [2.24, 2.45) is 0 Å². The van der Waals surface area contributed by atoms with E-state index in [4.69, 9.17) is 4.42 Å². The van der Waals surface area contributed by atoms with Gasteiger partial charge in [0.25, 0.3) is 0 Å². The second-order valence-electron chi connectivity index (χ2n) is 18.2. The molecule has 67 heavy (non-hydrogen) atoms. The Morgan fingerprint density at radius 3 is 1.13 bits per heavy atom. The zero-order valence-corrected chi connectivity index (χ0v) is 36.3. The first kappa shape index (κ1) is 36.5. The molecule has 0 spiro atoms. The molecule has 15 aromatic rings. The summed E-state index contributed by atoms with van der Waals surface area (Å²) in [5, 5.41) is 24.9. The highest BCUT2D eigenvalue weighted by atomic mass is 16.3. The number of fused-ring (bicyclic) bond motifs is 19. The van der Waals surface area contributed by atoms with Gasteiger partial charge in [0.05, 0.1) is 0 Å². The third-order valence-electron chi connectivity index (χ3n) is 14.8. The Labute approximate surface area is 385 Å². The summed E-state index contributed by atoms with van der Waals surface area (Å²) in [6.45, 7) is 0. The Hall–Kier alpha value is -8.78. The molecule has 0 unspecified atom stereocenters. The first-order chi connectivity index (χ1) is 33.2. The maximum absolute atomic E-state index is 6.64. The van der Waals surface area contributed by atoms with Crippen LogP contribution in [0.3, 0.4) is 0 Å². The van der Waals surface area contributed by atoms with Crippen LogP contribution in [0.1, 0.15) is 0 Å². The van der Waals surface area contributed by atoms with Crippen molar-refractivity contribution in [1.29, 1.82) is 0 Å². The van der Waals surface area contributed by atoms with Crippen LogP contribution in [0.2, 0.25) is 0 Å². The first-order valence-corrected chi connectivity index (χ1v) is 23.2. The van der Waals surface area contributed by atoms with E-state index < -0.39 is 0 Å². The van der Waals surface area contributed by atoms with Crippen molar-refractivity contribution in [3.8, 4) is 33.4 Å². The van der Waals surface area contributed by atoms with Gasteiger partial charge in [-0.05, 0) is 161 Å². The number of benzene rings is 14. The summed E-state index contributed by atoms with van der Waals surface area (Å²) in [5.41, 5.74) is 9.20. The number of hydrogen-bond acceptors (Lipinski definition) is 1. The normalized spacial score (nSPS) is 12.2. The fraction of sp³-hybridized carbons (Fsp3) is 0. The van der Waals surface area contributed by atoms with Crippen LogP contribution in [0.15, 0.2) is 235 Å². The highest BCUT2D eigenvalue weighted by Gasteiger charge is 2.20. The van der Waals surface area contributed by atoms with Gasteiger partial charge in [-0.3, -0.25) is 0 Å². The van der Waals surface area contributed by atoms with Crippen LogP contribution in [0.5, 0.6) is 0 Å². The molecule has 1 nitrogen and oxygen atoms in total. The van der Waals surface area contributed by atoms with E-state index in [-0.39, 0.29) is 0 Å². The minimum Gasteiger partial charge on any atom is -0.456 e. The van der Waals surface area contributed by atoms with Crippen molar-refractivity contribution < 1.29 is 4.42 Å². The average Bonchev–Trinajstić information content (AvgIpc) is 3.78. The van der Waals surface area contributed by atoms with Gasteiger partial charge in [0, 0.05) is 10.8 Å². The molecule has 0 aliphatic carbocycles. The minimum absolute atomic E-state index is 0.916. The van der Waals surface area contributed by atoms with Crippen molar-refractivity contribution in [2.75, 3.05) is 0 Å². The van der Waals surface area contributed by atoms with Crippen molar-refractivity contribution in [1.82, 2.24) is 0 Å². The molecule has 0 aliphatic rings. The molecule has 0 bridgehead atoms. The number of hydrogen-bond donors (Lipinski definition) is 0. The predicted octanol–water partition coefficient (Wildman–Crippen LogP) is 19.0. The van der Waals surface area contributed by atoms with Gasteiger partial charge in [-0.2, -0.15) is 0 Å². The molecule has 1 heterocycles. The van der Waals surface area contributed by atoms with E-state index in [0.29, 0.717) is 0 Å². The first-order valence-electron chi connectivity index (χ1n) is 23.2. The quantitative estimate of drug-likeness (QED) is 0.128. The van der Waals surface area contributed by atoms with Crippen molar-refractivity contribution in [2.45, 2.75) is 0 Å². The molecular weight excluding hydrogens is 809 g/mol. The molecule has 14 aromatic carbocycles. The number of furan rings is 1. The van der Waals surface area contributed by atoms with Gasteiger partial charge < -0.3 is 4.42 Å². The van der Waals surface area contributed by atoms with Gasteiger partial charge >= 0.3 is 0 Å².